The van der Waals surface area contributed by atoms with Crippen LogP contribution in [0.3, 0.4) is 0 Å². The van der Waals surface area contributed by atoms with E-state index in [4.69, 9.17) is 14.2 Å². The van der Waals surface area contributed by atoms with Crippen molar-refractivity contribution in [3.8, 4) is 22.8 Å². The largest absolute Gasteiger partial charge is 0.493 e. The lowest BCUT2D eigenvalue weighted by molar-refractivity contribution is -0.122. The van der Waals surface area contributed by atoms with E-state index in [-0.39, 0.29) is 5.91 Å². The zero-order chi connectivity index (χ0) is 22.3. The number of carbonyl (C=O) groups excluding carboxylic acids is 1. The molecule has 1 aromatic heterocycles. The van der Waals surface area contributed by atoms with Gasteiger partial charge in [-0.15, -0.1) is 11.3 Å². The van der Waals surface area contributed by atoms with E-state index in [1.807, 2.05) is 17.5 Å². The molecule has 2 heterocycles. The van der Waals surface area contributed by atoms with E-state index in [0.29, 0.717) is 16.6 Å². The lowest BCUT2D eigenvalue weighted by Gasteiger charge is -2.25. The molecule has 32 heavy (non-hydrogen) atoms. The summed E-state index contributed by atoms with van der Waals surface area (Å²) in [6.07, 6.45) is -0.699. The van der Waals surface area contributed by atoms with Crippen molar-refractivity contribution in [1.29, 1.82) is 0 Å². The maximum absolute atomic E-state index is 12.6. The number of nitrogens with zero attached hydrogens (tertiary/aromatic N) is 2. The molecule has 1 aliphatic heterocycles. The Kier molecular flexibility index (Phi) is 7.64. The van der Waals surface area contributed by atoms with E-state index >= 15 is 0 Å². The number of amides is 1. The number of hydrogen-bond donors (Lipinski definition) is 1. The summed E-state index contributed by atoms with van der Waals surface area (Å²) in [7, 11) is 1.57. The van der Waals surface area contributed by atoms with Crippen LogP contribution >= 0.6 is 23.3 Å². The summed E-state index contributed by atoms with van der Waals surface area (Å²) in [4.78, 5) is 18.3. The van der Waals surface area contributed by atoms with Crippen LogP contribution in [0.15, 0.2) is 58.8 Å². The molecule has 168 valence electrons. The molecule has 0 radical (unpaired) electrons. The zero-order valence-corrected chi connectivity index (χ0v) is 19.6. The number of anilines is 1. The number of hydrogen-bond acceptors (Lipinski definition) is 8. The van der Waals surface area contributed by atoms with E-state index in [0.717, 1.165) is 37.6 Å². The van der Waals surface area contributed by atoms with Gasteiger partial charge in [-0.05, 0) is 43.1 Å². The summed E-state index contributed by atoms with van der Waals surface area (Å²) < 4.78 is 18.7. The van der Waals surface area contributed by atoms with Crippen LogP contribution in [-0.4, -0.2) is 54.7 Å². The van der Waals surface area contributed by atoms with E-state index in [9.17, 15) is 4.79 Å². The third kappa shape index (κ3) is 5.80. The summed E-state index contributed by atoms with van der Waals surface area (Å²) in [5.74, 6) is 0.834. The van der Waals surface area contributed by atoms with Crippen molar-refractivity contribution in [3.63, 3.8) is 0 Å². The van der Waals surface area contributed by atoms with Gasteiger partial charge in [0.1, 0.15) is 0 Å². The molecule has 9 heteroatoms. The Morgan fingerprint density at radius 3 is 2.59 bits per heavy atom. The highest BCUT2D eigenvalue weighted by molar-refractivity contribution is 7.97. The minimum atomic E-state index is -0.699. The molecule has 0 bridgehead atoms. The average Bonchev–Trinajstić information content (AvgIpc) is 3.29. The molecular weight excluding hydrogens is 446 g/mol. The van der Waals surface area contributed by atoms with Crippen LogP contribution in [0, 0.1) is 0 Å². The first-order valence-electron chi connectivity index (χ1n) is 10.3. The normalized spacial score (nSPS) is 15.2. The second-order valence-electron chi connectivity index (χ2n) is 7.10. The molecule has 1 unspecified atom stereocenters. The number of nitrogens with one attached hydrogen (secondary N) is 1. The lowest BCUT2D eigenvalue weighted by Crippen LogP contribution is -2.30. The Hall–Kier alpha value is -2.59. The molecule has 1 atom stereocenters. The van der Waals surface area contributed by atoms with Crippen molar-refractivity contribution in [2.45, 2.75) is 17.9 Å². The van der Waals surface area contributed by atoms with Crippen molar-refractivity contribution in [2.75, 3.05) is 38.7 Å². The van der Waals surface area contributed by atoms with Gasteiger partial charge in [-0.1, -0.05) is 24.3 Å². The molecule has 7 nitrogen and oxygen atoms in total. The van der Waals surface area contributed by atoms with Crippen LogP contribution in [0.25, 0.3) is 11.3 Å². The third-order valence-electron chi connectivity index (χ3n) is 4.83. The van der Waals surface area contributed by atoms with Gasteiger partial charge in [-0.25, -0.2) is 9.29 Å². The second-order valence-corrected chi connectivity index (χ2v) is 9.12. The maximum Gasteiger partial charge on any atom is 0.266 e. The van der Waals surface area contributed by atoms with Gasteiger partial charge >= 0.3 is 0 Å². The number of benzene rings is 2. The van der Waals surface area contributed by atoms with Crippen LogP contribution in [-0.2, 0) is 9.53 Å². The zero-order valence-electron chi connectivity index (χ0n) is 17.9. The molecule has 0 aliphatic carbocycles. The fraction of sp³-hybridized carbons (Fsp3) is 0.304. The van der Waals surface area contributed by atoms with Gasteiger partial charge in [0, 0.05) is 28.9 Å². The first-order valence-corrected chi connectivity index (χ1v) is 11.9. The Balaban J connectivity index is 1.34. The Morgan fingerprint density at radius 2 is 1.88 bits per heavy atom. The Labute approximate surface area is 195 Å². The predicted octanol–water partition coefficient (Wildman–Crippen LogP) is 4.56. The van der Waals surface area contributed by atoms with Gasteiger partial charge in [0.15, 0.2) is 22.7 Å². The minimum Gasteiger partial charge on any atom is -0.493 e. The summed E-state index contributed by atoms with van der Waals surface area (Å²) in [5.41, 5.74) is 1.83. The van der Waals surface area contributed by atoms with Crippen LogP contribution in [0.5, 0.6) is 11.5 Å². The van der Waals surface area contributed by atoms with E-state index in [1.54, 1.807) is 38.1 Å². The van der Waals surface area contributed by atoms with Crippen LogP contribution < -0.4 is 14.8 Å². The standard InChI is InChI=1S/C23H25N3O4S2/c1-16(30-21-6-4-3-5-20(21)28-2)22(27)25-23-24-19(15-31-23)17-7-9-18(10-8-17)32-26-11-13-29-14-12-26/h3-10,15-16H,11-14H2,1-2H3,(H,24,25,27). The second kappa shape index (κ2) is 10.8. The molecule has 1 saturated heterocycles. The Morgan fingerprint density at radius 1 is 1.16 bits per heavy atom. The monoisotopic (exact) mass is 471 g/mol. The number of morpholine rings is 1. The molecule has 0 spiro atoms. The molecule has 1 fully saturated rings. The number of methoxy groups -OCH3 is 1. The van der Waals surface area contributed by atoms with Crippen molar-refractivity contribution in [3.05, 3.63) is 53.9 Å². The topological polar surface area (TPSA) is 72.9 Å². The van der Waals surface area contributed by atoms with Gasteiger partial charge in [0.25, 0.3) is 5.91 Å². The molecule has 0 saturated carbocycles. The number of ether oxygens (including phenoxy) is 3. The predicted molar refractivity (Wildman–Crippen MR) is 128 cm³/mol. The smallest absolute Gasteiger partial charge is 0.266 e. The third-order valence-corrected chi connectivity index (χ3v) is 6.70. The van der Waals surface area contributed by atoms with Crippen LogP contribution in [0.2, 0.25) is 0 Å². The van der Waals surface area contributed by atoms with Gasteiger partial charge in [-0.3, -0.25) is 10.1 Å². The maximum atomic E-state index is 12.6. The highest BCUT2D eigenvalue weighted by Crippen LogP contribution is 2.30. The van der Waals surface area contributed by atoms with Crippen molar-refractivity contribution < 1.29 is 19.0 Å². The molecule has 1 amide bonds. The summed E-state index contributed by atoms with van der Waals surface area (Å²) in [6.45, 7) is 5.12. The molecule has 3 aromatic rings. The number of para-hydroxylation sites is 2. The number of rotatable bonds is 8. The highest BCUT2D eigenvalue weighted by Gasteiger charge is 2.18. The van der Waals surface area contributed by atoms with Gasteiger partial charge in [0.05, 0.1) is 26.0 Å². The Bertz CT molecular complexity index is 1040. The minimum absolute atomic E-state index is 0.269. The molecule has 4 rings (SSSR count). The van der Waals surface area contributed by atoms with Gasteiger partial charge in [-0.2, -0.15) is 0 Å². The highest BCUT2D eigenvalue weighted by atomic mass is 32.2. The lowest BCUT2D eigenvalue weighted by atomic mass is 10.2. The fourth-order valence-corrected chi connectivity index (χ4v) is 4.71. The summed E-state index contributed by atoms with van der Waals surface area (Å²) in [6, 6.07) is 15.5. The van der Waals surface area contributed by atoms with Crippen molar-refractivity contribution >= 4 is 34.3 Å². The van der Waals surface area contributed by atoms with E-state index in [1.165, 1.54) is 16.2 Å². The average molecular weight is 472 g/mol. The van der Waals surface area contributed by atoms with Crippen molar-refractivity contribution in [1.82, 2.24) is 9.29 Å². The quantitative estimate of drug-likeness (QED) is 0.483. The van der Waals surface area contributed by atoms with Gasteiger partial charge in [0.2, 0.25) is 0 Å². The van der Waals surface area contributed by atoms with E-state index < -0.39 is 6.10 Å². The van der Waals surface area contributed by atoms with Crippen LogP contribution in [0.1, 0.15) is 6.92 Å². The molecular formula is C23H25N3O4S2. The first kappa shape index (κ1) is 22.6. The summed E-state index contributed by atoms with van der Waals surface area (Å²) in [5, 5.41) is 5.31. The number of carbonyl (C=O) groups is 1. The summed E-state index contributed by atoms with van der Waals surface area (Å²) >= 11 is 3.13. The van der Waals surface area contributed by atoms with Gasteiger partial charge < -0.3 is 14.2 Å². The van der Waals surface area contributed by atoms with Crippen molar-refractivity contribution in [2.24, 2.45) is 0 Å². The number of thiazole rings is 1. The SMILES string of the molecule is COc1ccccc1OC(C)C(=O)Nc1nc(-c2ccc(SN3CCOCC3)cc2)cs1. The van der Waals surface area contributed by atoms with E-state index in [2.05, 4.69) is 38.9 Å². The number of aromatic nitrogens is 1. The van der Waals surface area contributed by atoms with Crippen LogP contribution in [0.4, 0.5) is 5.13 Å². The molecule has 1 N–H and O–H groups in total. The first-order chi connectivity index (χ1) is 15.6. The fourth-order valence-electron chi connectivity index (χ4n) is 3.10. The molecule has 1 aliphatic rings. The molecule has 2 aromatic carbocycles.